The van der Waals surface area contributed by atoms with E-state index in [1.807, 2.05) is 61.5 Å². The fourth-order valence-corrected chi connectivity index (χ4v) is 5.39. The molecule has 0 aliphatic carbocycles. The van der Waals surface area contributed by atoms with Crippen LogP contribution < -0.4 is 10.2 Å². The number of urea groups is 1. The van der Waals surface area contributed by atoms with Gasteiger partial charge < -0.3 is 29.7 Å². The van der Waals surface area contributed by atoms with Crippen LogP contribution in [0.2, 0.25) is 0 Å². The summed E-state index contributed by atoms with van der Waals surface area (Å²) in [4.78, 5) is 47.1. The highest BCUT2D eigenvalue weighted by atomic mass is 16.5. The van der Waals surface area contributed by atoms with E-state index in [2.05, 4.69) is 10.2 Å². The van der Waals surface area contributed by atoms with E-state index in [9.17, 15) is 14.4 Å². The first-order chi connectivity index (χ1) is 17.5. The van der Waals surface area contributed by atoms with Gasteiger partial charge in [-0.1, -0.05) is 36.4 Å². The maximum Gasteiger partial charge on any atom is 0.321 e. The molecule has 36 heavy (non-hydrogen) atoms. The number of anilines is 2. The number of amides is 4. The molecule has 5 rings (SSSR count). The largest absolute Gasteiger partial charge is 0.378 e. The van der Waals surface area contributed by atoms with Crippen LogP contribution >= 0.6 is 0 Å². The van der Waals surface area contributed by atoms with Crippen molar-refractivity contribution in [2.24, 2.45) is 0 Å². The molecular weight excluding hydrogens is 458 g/mol. The Labute approximate surface area is 211 Å². The molecule has 3 aliphatic rings. The van der Waals surface area contributed by atoms with Crippen LogP contribution in [-0.4, -0.2) is 90.7 Å². The molecule has 0 aromatic heterocycles. The number of hydrogen-bond acceptors (Lipinski definition) is 5. The minimum atomic E-state index is -0.772. The Bertz CT molecular complexity index is 1110. The molecule has 1 N–H and O–H groups in total. The molecule has 3 fully saturated rings. The minimum absolute atomic E-state index is 0.0353. The van der Waals surface area contributed by atoms with Crippen molar-refractivity contribution in [2.75, 3.05) is 62.8 Å². The predicted octanol–water partition coefficient (Wildman–Crippen LogP) is 2.53. The quantitative estimate of drug-likeness (QED) is 0.711. The van der Waals surface area contributed by atoms with Crippen LogP contribution in [0.25, 0.3) is 0 Å². The Kier molecular flexibility index (Phi) is 6.82. The van der Waals surface area contributed by atoms with Gasteiger partial charge in [0.05, 0.1) is 19.9 Å². The number of rotatable bonds is 4. The zero-order valence-electron chi connectivity index (χ0n) is 20.7. The van der Waals surface area contributed by atoms with Gasteiger partial charge in [-0.15, -0.1) is 0 Å². The van der Waals surface area contributed by atoms with Crippen molar-refractivity contribution in [1.29, 1.82) is 0 Å². The van der Waals surface area contributed by atoms with Crippen LogP contribution in [0, 0.1) is 6.92 Å². The molecule has 3 saturated heterocycles. The predicted molar refractivity (Wildman–Crippen MR) is 137 cm³/mol. The molecule has 3 aliphatic heterocycles. The first kappa shape index (κ1) is 24.1. The Morgan fingerprint density at radius 2 is 1.58 bits per heavy atom. The lowest BCUT2D eigenvalue weighted by molar-refractivity contribution is -0.143. The van der Waals surface area contributed by atoms with Crippen LogP contribution in [0.4, 0.5) is 16.2 Å². The number of para-hydroxylation sites is 2. The number of carbonyl (C=O) groups is 3. The highest BCUT2D eigenvalue weighted by Crippen LogP contribution is 2.39. The zero-order valence-corrected chi connectivity index (χ0v) is 20.7. The number of ether oxygens (including phenoxy) is 1. The average molecular weight is 492 g/mol. The summed E-state index contributed by atoms with van der Waals surface area (Å²) in [5.74, 6) is -0.0846. The van der Waals surface area contributed by atoms with E-state index in [1.165, 1.54) is 0 Å². The molecule has 190 valence electrons. The fraction of sp³-hybridized carbons (Fsp3) is 0.444. The van der Waals surface area contributed by atoms with Gasteiger partial charge in [-0.25, -0.2) is 4.79 Å². The van der Waals surface area contributed by atoms with E-state index < -0.39 is 5.54 Å². The molecule has 0 atom stereocenters. The van der Waals surface area contributed by atoms with Crippen LogP contribution in [0.15, 0.2) is 54.6 Å². The lowest BCUT2D eigenvalue weighted by Gasteiger charge is -2.43. The highest BCUT2D eigenvalue weighted by Gasteiger charge is 2.54. The standard InChI is InChI=1S/C27H33N5O4/c1-21-7-5-6-10-23(21)28-26(35)30-13-11-27(12-14-30)25(34)31(19-24(33)29-15-17-36-18-16-29)20-32(27)22-8-3-2-4-9-22/h2-10H,11-20H2,1H3,(H,28,35). The summed E-state index contributed by atoms with van der Waals surface area (Å²) in [7, 11) is 0. The lowest BCUT2D eigenvalue weighted by atomic mass is 9.85. The maximum atomic E-state index is 13.9. The third kappa shape index (κ3) is 4.63. The first-order valence-corrected chi connectivity index (χ1v) is 12.6. The number of likely N-dealkylation sites (tertiary alicyclic amines) is 1. The summed E-state index contributed by atoms with van der Waals surface area (Å²) < 4.78 is 5.36. The van der Waals surface area contributed by atoms with E-state index >= 15 is 0 Å². The van der Waals surface area contributed by atoms with Crippen molar-refractivity contribution < 1.29 is 19.1 Å². The van der Waals surface area contributed by atoms with Crippen molar-refractivity contribution in [2.45, 2.75) is 25.3 Å². The summed E-state index contributed by atoms with van der Waals surface area (Å²) in [6.07, 6.45) is 1.01. The van der Waals surface area contributed by atoms with E-state index in [1.54, 1.807) is 14.7 Å². The van der Waals surface area contributed by atoms with E-state index in [4.69, 9.17) is 4.74 Å². The van der Waals surface area contributed by atoms with Crippen molar-refractivity contribution in [3.63, 3.8) is 0 Å². The van der Waals surface area contributed by atoms with Crippen molar-refractivity contribution in [1.82, 2.24) is 14.7 Å². The minimum Gasteiger partial charge on any atom is -0.378 e. The molecule has 4 amide bonds. The Hall–Kier alpha value is -3.59. The van der Waals surface area contributed by atoms with Gasteiger partial charge in [0.1, 0.15) is 12.1 Å². The molecule has 0 bridgehead atoms. The molecule has 9 heteroatoms. The summed E-state index contributed by atoms with van der Waals surface area (Å²) in [6, 6.07) is 17.4. The normalized spacial score (nSPS) is 19.6. The van der Waals surface area contributed by atoms with Gasteiger partial charge in [0, 0.05) is 37.6 Å². The topological polar surface area (TPSA) is 85.4 Å². The smallest absolute Gasteiger partial charge is 0.321 e. The summed E-state index contributed by atoms with van der Waals surface area (Å²) in [6.45, 7) is 5.45. The average Bonchev–Trinajstić information content (AvgIpc) is 3.17. The summed E-state index contributed by atoms with van der Waals surface area (Å²) in [5.41, 5.74) is 1.97. The monoisotopic (exact) mass is 491 g/mol. The van der Waals surface area contributed by atoms with Gasteiger partial charge in [-0.05, 0) is 43.5 Å². The van der Waals surface area contributed by atoms with Gasteiger partial charge in [0.2, 0.25) is 5.91 Å². The number of nitrogens with zero attached hydrogens (tertiary/aromatic N) is 4. The third-order valence-electron chi connectivity index (χ3n) is 7.54. The van der Waals surface area contributed by atoms with Gasteiger partial charge >= 0.3 is 6.03 Å². The second-order valence-corrected chi connectivity index (χ2v) is 9.66. The number of hydrogen-bond donors (Lipinski definition) is 1. The number of benzene rings is 2. The fourth-order valence-electron chi connectivity index (χ4n) is 5.39. The molecule has 0 unspecified atom stereocenters. The van der Waals surface area contributed by atoms with E-state index in [-0.39, 0.29) is 24.4 Å². The molecule has 2 aromatic carbocycles. The second-order valence-electron chi connectivity index (χ2n) is 9.66. The van der Waals surface area contributed by atoms with Crippen molar-refractivity contribution >= 4 is 29.2 Å². The number of nitrogens with one attached hydrogen (secondary N) is 1. The van der Waals surface area contributed by atoms with E-state index in [0.717, 1.165) is 16.9 Å². The van der Waals surface area contributed by atoms with Crippen LogP contribution in [-0.2, 0) is 14.3 Å². The Balaban J connectivity index is 1.31. The molecule has 0 saturated carbocycles. The number of aryl methyl sites for hydroxylation is 1. The number of morpholine rings is 1. The number of piperidine rings is 1. The van der Waals surface area contributed by atoms with Crippen molar-refractivity contribution in [3.8, 4) is 0 Å². The molecule has 3 heterocycles. The Morgan fingerprint density at radius 1 is 0.917 bits per heavy atom. The molecular formula is C27H33N5O4. The molecule has 2 aromatic rings. The molecule has 1 spiro atoms. The number of carbonyl (C=O) groups excluding carboxylic acids is 3. The summed E-state index contributed by atoms with van der Waals surface area (Å²) >= 11 is 0. The third-order valence-corrected chi connectivity index (χ3v) is 7.54. The highest BCUT2D eigenvalue weighted by molar-refractivity contribution is 5.97. The van der Waals surface area contributed by atoms with Gasteiger partial charge in [0.25, 0.3) is 5.91 Å². The SMILES string of the molecule is Cc1ccccc1NC(=O)N1CCC2(CC1)C(=O)N(CC(=O)N1CCOCC1)CN2c1ccccc1. The van der Waals surface area contributed by atoms with E-state index in [0.29, 0.717) is 58.9 Å². The second kappa shape index (κ2) is 10.2. The van der Waals surface area contributed by atoms with Gasteiger partial charge in [0.15, 0.2) is 0 Å². The maximum absolute atomic E-state index is 13.9. The lowest BCUT2D eigenvalue weighted by Crippen LogP contribution is -2.58. The summed E-state index contributed by atoms with van der Waals surface area (Å²) in [5, 5.41) is 3.00. The molecule has 0 radical (unpaired) electrons. The van der Waals surface area contributed by atoms with Crippen LogP contribution in [0.1, 0.15) is 18.4 Å². The Morgan fingerprint density at radius 3 is 2.28 bits per heavy atom. The first-order valence-electron chi connectivity index (χ1n) is 12.6. The van der Waals surface area contributed by atoms with Crippen molar-refractivity contribution in [3.05, 3.63) is 60.2 Å². The van der Waals surface area contributed by atoms with Crippen LogP contribution in [0.3, 0.4) is 0 Å². The molecule has 9 nitrogen and oxygen atoms in total. The van der Waals surface area contributed by atoms with Gasteiger partial charge in [-0.2, -0.15) is 0 Å². The van der Waals surface area contributed by atoms with Gasteiger partial charge in [-0.3, -0.25) is 9.59 Å². The zero-order chi connectivity index (χ0) is 25.1. The van der Waals surface area contributed by atoms with Crippen LogP contribution in [0.5, 0.6) is 0 Å².